The molecule has 2 aromatic heterocycles. The third-order valence-electron chi connectivity index (χ3n) is 4.64. The largest absolute Gasteiger partial charge is 0.464 e. The highest BCUT2D eigenvalue weighted by Gasteiger charge is 2.29. The normalized spacial score (nSPS) is 14.1. The predicted molar refractivity (Wildman–Crippen MR) is 95.1 cm³/mol. The Kier molecular flexibility index (Phi) is 4.30. The van der Waals surface area contributed by atoms with Crippen LogP contribution in [-0.2, 0) is 17.6 Å². The summed E-state index contributed by atoms with van der Waals surface area (Å²) in [6.45, 7) is 2.71. The zero-order valence-corrected chi connectivity index (χ0v) is 14.4. The fourth-order valence-electron chi connectivity index (χ4n) is 3.12. The summed E-state index contributed by atoms with van der Waals surface area (Å²) >= 11 is 0. The summed E-state index contributed by atoms with van der Waals surface area (Å²) in [5, 5.41) is 3.02. The number of oxazole rings is 1. The van der Waals surface area contributed by atoms with E-state index in [0.29, 0.717) is 6.54 Å². The van der Waals surface area contributed by atoms with Gasteiger partial charge >= 0.3 is 0 Å². The van der Waals surface area contributed by atoms with Gasteiger partial charge in [0.05, 0.1) is 6.26 Å². The number of carbonyl (C=O) groups is 1. The second-order valence-corrected chi connectivity index (χ2v) is 6.55. The Morgan fingerprint density at radius 1 is 1.32 bits per heavy atom. The van der Waals surface area contributed by atoms with Crippen LogP contribution < -0.4 is 5.32 Å². The first-order chi connectivity index (χ1) is 12.3. The Morgan fingerprint density at radius 2 is 2.20 bits per heavy atom. The number of benzene rings is 1. The van der Waals surface area contributed by atoms with Gasteiger partial charge in [-0.2, -0.15) is 0 Å². The lowest BCUT2D eigenvalue weighted by molar-refractivity contribution is -0.122. The summed E-state index contributed by atoms with van der Waals surface area (Å²) in [4.78, 5) is 16.3. The molecule has 0 aliphatic heterocycles. The van der Waals surface area contributed by atoms with Crippen molar-refractivity contribution >= 4 is 17.0 Å². The lowest BCUT2D eigenvalue weighted by Gasteiger charge is -2.09. The maximum absolute atomic E-state index is 11.8. The standard InChI is InChI=1S/C20H22N2O3/c1-2-18-22-16-10-9-14(17-6-4-12-24-17)15(19(16)25-18)5-3-11-21-20(23)13-7-8-13/h4,6,9-10,12-13H,2-3,5,7-8,11H2,1H3,(H,21,23). The first kappa shape index (κ1) is 15.9. The Bertz CT molecular complexity index is 876. The average molecular weight is 338 g/mol. The minimum atomic E-state index is 0.192. The number of furan rings is 1. The molecule has 1 aliphatic carbocycles. The number of nitrogens with zero attached hydrogens (tertiary/aromatic N) is 1. The molecule has 25 heavy (non-hydrogen) atoms. The molecule has 1 amide bonds. The fraction of sp³-hybridized carbons (Fsp3) is 0.400. The van der Waals surface area contributed by atoms with E-state index in [9.17, 15) is 4.79 Å². The van der Waals surface area contributed by atoms with Gasteiger partial charge in [0.25, 0.3) is 0 Å². The number of carbonyl (C=O) groups excluding carboxylic acids is 1. The van der Waals surface area contributed by atoms with E-state index in [1.54, 1.807) is 6.26 Å². The minimum absolute atomic E-state index is 0.192. The van der Waals surface area contributed by atoms with Gasteiger partial charge in [-0.05, 0) is 49.9 Å². The predicted octanol–water partition coefficient (Wildman–Crippen LogP) is 4.11. The number of rotatable bonds is 7. The monoisotopic (exact) mass is 338 g/mol. The minimum Gasteiger partial charge on any atom is -0.464 e. The summed E-state index contributed by atoms with van der Waals surface area (Å²) in [7, 11) is 0. The van der Waals surface area contributed by atoms with E-state index in [-0.39, 0.29) is 11.8 Å². The van der Waals surface area contributed by atoms with E-state index in [1.165, 1.54) is 0 Å². The molecule has 1 aliphatic rings. The number of amides is 1. The van der Waals surface area contributed by atoms with Crippen LogP contribution in [0, 0.1) is 5.92 Å². The van der Waals surface area contributed by atoms with Gasteiger partial charge in [-0.15, -0.1) is 0 Å². The van der Waals surface area contributed by atoms with Crippen molar-refractivity contribution in [3.63, 3.8) is 0 Å². The Morgan fingerprint density at radius 3 is 2.92 bits per heavy atom. The SMILES string of the molecule is CCc1nc2ccc(-c3ccco3)c(CCCNC(=O)C3CC3)c2o1. The van der Waals surface area contributed by atoms with Crippen molar-refractivity contribution in [3.05, 3.63) is 42.0 Å². The zero-order valence-electron chi connectivity index (χ0n) is 14.4. The van der Waals surface area contributed by atoms with Crippen LogP contribution in [0.15, 0.2) is 39.4 Å². The van der Waals surface area contributed by atoms with Crippen LogP contribution >= 0.6 is 0 Å². The number of hydrogen-bond acceptors (Lipinski definition) is 4. The van der Waals surface area contributed by atoms with Gasteiger partial charge in [-0.25, -0.2) is 4.98 Å². The summed E-state index contributed by atoms with van der Waals surface area (Å²) in [5.74, 6) is 2.02. The highest BCUT2D eigenvalue weighted by molar-refractivity contribution is 5.84. The number of hydrogen-bond donors (Lipinski definition) is 1. The highest BCUT2D eigenvalue weighted by atomic mass is 16.3. The lowest BCUT2D eigenvalue weighted by atomic mass is 9.99. The first-order valence-electron chi connectivity index (χ1n) is 8.99. The number of aromatic nitrogens is 1. The van der Waals surface area contributed by atoms with Crippen LogP contribution in [0.4, 0.5) is 0 Å². The third-order valence-corrected chi connectivity index (χ3v) is 4.64. The van der Waals surface area contributed by atoms with Gasteiger partial charge in [-0.3, -0.25) is 4.79 Å². The van der Waals surface area contributed by atoms with Crippen LogP contribution in [0.3, 0.4) is 0 Å². The Labute approximate surface area is 146 Å². The second kappa shape index (κ2) is 6.75. The lowest BCUT2D eigenvalue weighted by Crippen LogP contribution is -2.26. The highest BCUT2D eigenvalue weighted by Crippen LogP contribution is 2.32. The molecule has 0 radical (unpaired) electrons. The van der Waals surface area contributed by atoms with Crippen molar-refractivity contribution < 1.29 is 13.6 Å². The van der Waals surface area contributed by atoms with Gasteiger partial charge in [0.15, 0.2) is 11.5 Å². The second-order valence-electron chi connectivity index (χ2n) is 6.55. The van der Waals surface area contributed by atoms with Crippen LogP contribution in [0.25, 0.3) is 22.4 Å². The molecule has 2 heterocycles. The summed E-state index contributed by atoms with van der Waals surface area (Å²) < 4.78 is 11.6. The van der Waals surface area contributed by atoms with Crippen LogP contribution in [0.5, 0.6) is 0 Å². The molecule has 1 saturated carbocycles. The average Bonchev–Trinajstić information content (AvgIpc) is 3.17. The van der Waals surface area contributed by atoms with Gasteiger partial charge in [0, 0.05) is 30.0 Å². The zero-order chi connectivity index (χ0) is 17.2. The van der Waals surface area contributed by atoms with Crippen molar-refractivity contribution in [3.8, 4) is 11.3 Å². The van der Waals surface area contributed by atoms with Gasteiger partial charge in [-0.1, -0.05) is 6.92 Å². The number of nitrogens with one attached hydrogen (secondary N) is 1. The van der Waals surface area contributed by atoms with E-state index in [4.69, 9.17) is 8.83 Å². The van der Waals surface area contributed by atoms with Gasteiger partial charge < -0.3 is 14.2 Å². The molecule has 5 heteroatoms. The molecule has 130 valence electrons. The van der Waals surface area contributed by atoms with Crippen molar-refractivity contribution in [1.82, 2.24) is 10.3 Å². The van der Waals surface area contributed by atoms with E-state index in [1.807, 2.05) is 31.2 Å². The summed E-state index contributed by atoms with van der Waals surface area (Å²) in [5.41, 5.74) is 3.84. The van der Waals surface area contributed by atoms with Crippen LogP contribution in [0.1, 0.15) is 37.6 Å². The van der Waals surface area contributed by atoms with E-state index < -0.39 is 0 Å². The van der Waals surface area contributed by atoms with Crippen LogP contribution in [-0.4, -0.2) is 17.4 Å². The third kappa shape index (κ3) is 3.31. The molecule has 0 bridgehead atoms. The molecule has 0 saturated heterocycles. The van der Waals surface area contributed by atoms with Crippen molar-refractivity contribution in [2.24, 2.45) is 5.92 Å². The van der Waals surface area contributed by atoms with Crippen molar-refractivity contribution in [2.45, 2.75) is 39.0 Å². The Balaban J connectivity index is 1.58. The molecule has 1 aromatic carbocycles. The number of fused-ring (bicyclic) bond motifs is 1. The maximum atomic E-state index is 11.8. The summed E-state index contributed by atoms with van der Waals surface area (Å²) in [6, 6.07) is 7.86. The molecule has 1 fully saturated rings. The molecule has 0 atom stereocenters. The van der Waals surface area contributed by atoms with Gasteiger partial charge in [0.2, 0.25) is 5.91 Å². The maximum Gasteiger partial charge on any atom is 0.223 e. The molecule has 3 aromatic rings. The molecular formula is C20H22N2O3. The van der Waals surface area contributed by atoms with Crippen LogP contribution in [0.2, 0.25) is 0 Å². The van der Waals surface area contributed by atoms with E-state index in [0.717, 1.165) is 66.0 Å². The molecule has 4 rings (SSSR count). The quantitative estimate of drug-likeness (QED) is 0.658. The first-order valence-corrected chi connectivity index (χ1v) is 8.99. The molecular weight excluding hydrogens is 316 g/mol. The van der Waals surface area contributed by atoms with Gasteiger partial charge in [0.1, 0.15) is 11.3 Å². The topological polar surface area (TPSA) is 68.3 Å². The molecule has 0 spiro atoms. The van der Waals surface area contributed by atoms with Crippen molar-refractivity contribution in [1.29, 1.82) is 0 Å². The van der Waals surface area contributed by atoms with E-state index in [2.05, 4.69) is 10.3 Å². The van der Waals surface area contributed by atoms with Crippen molar-refractivity contribution in [2.75, 3.05) is 6.54 Å². The molecule has 5 nitrogen and oxygen atoms in total. The van der Waals surface area contributed by atoms with E-state index >= 15 is 0 Å². The summed E-state index contributed by atoms with van der Waals surface area (Å²) in [6.07, 6.45) is 6.17. The number of aryl methyl sites for hydroxylation is 2. The Hall–Kier alpha value is -2.56. The molecule has 1 N–H and O–H groups in total. The fourth-order valence-corrected chi connectivity index (χ4v) is 3.12. The smallest absolute Gasteiger partial charge is 0.223 e. The molecule has 0 unspecified atom stereocenters.